The molecule has 0 amide bonds. The number of fused-ring (bicyclic) bond motifs is 1. The minimum atomic E-state index is -0.572. The van der Waals surface area contributed by atoms with Crippen LogP contribution in [-0.4, -0.2) is 5.11 Å². The maximum absolute atomic E-state index is 13.4. The van der Waals surface area contributed by atoms with Crippen LogP contribution in [0.3, 0.4) is 0 Å². The summed E-state index contributed by atoms with van der Waals surface area (Å²) in [4.78, 5) is 0. The maximum atomic E-state index is 13.4. The Morgan fingerprint density at radius 1 is 1.16 bits per heavy atom. The molecule has 2 nitrogen and oxygen atoms in total. The summed E-state index contributed by atoms with van der Waals surface area (Å²) in [7, 11) is 0. The van der Waals surface area contributed by atoms with Crippen LogP contribution in [0, 0.1) is 12.7 Å². The minimum Gasteiger partial charge on any atom is -0.485 e. The Bertz CT molecular complexity index is 609. The standard InChI is InChI=1S/C16H15FO2/c1-10-6-7-11(17)8-13(10)16-9-14(18)12-4-2-3-5-15(12)19-16/h2-8,14,16,18H,9H2,1H3/t14-,16?/m1/s1. The summed E-state index contributed by atoms with van der Waals surface area (Å²) in [5, 5.41) is 10.2. The molecule has 19 heavy (non-hydrogen) atoms. The second kappa shape index (κ2) is 4.67. The minimum absolute atomic E-state index is 0.280. The first-order valence-corrected chi connectivity index (χ1v) is 6.35. The molecule has 1 unspecified atom stereocenters. The number of aliphatic hydroxyl groups excluding tert-OH is 1. The monoisotopic (exact) mass is 258 g/mol. The van der Waals surface area contributed by atoms with Crippen LogP contribution in [-0.2, 0) is 0 Å². The van der Waals surface area contributed by atoms with E-state index in [1.54, 1.807) is 6.07 Å². The Labute approximate surface area is 111 Å². The second-order valence-electron chi connectivity index (χ2n) is 4.90. The van der Waals surface area contributed by atoms with E-state index in [4.69, 9.17) is 4.74 Å². The largest absolute Gasteiger partial charge is 0.485 e. The molecular formula is C16H15FO2. The molecule has 0 saturated heterocycles. The van der Waals surface area contributed by atoms with E-state index in [0.717, 1.165) is 16.7 Å². The smallest absolute Gasteiger partial charge is 0.127 e. The molecule has 3 heteroatoms. The fourth-order valence-electron chi connectivity index (χ4n) is 2.54. The summed E-state index contributed by atoms with van der Waals surface area (Å²) in [6.45, 7) is 1.92. The number of halogens is 1. The van der Waals surface area contributed by atoms with Gasteiger partial charge < -0.3 is 9.84 Å². The third-order valence-corrected chi connectivity index (χ3v) is 3.57. The van der Waals surface area contributed by atoms with Crippen LogP contribution in [0.4, 0.5) is 4.39 Å². The van der Waals surface area contributed by atoms with Crippen molar-refractivity contribution in [1.82, 2.24) is 0 Å². The maximum Gasteiger partial charge on any atom is 0.127 e. The number of benzene rings is 2. The molecule has 98 valence electrons. The molecule has 0 saturated carbocycles. The highest BCUT2D eigenvalue weighted by Gasteiger charge is 2.28. The van der Waals surface area contributed by atoms with Crippen molar-refractivity contribution < 1.29 is 14.2 Å². The average molecular weight is 258 g/mol. The molecule has 0 fully saturated rings. The van der Waals surface area contributed by atoms with Gasteiger partial charge in [-0.05, 0) is 36.2 Å². The van der Waals surface area contributed by atoms with Crippen molar-refractivity contribution in [2.45, 2.75) is 25.6 Å². The number of hydrogen-bond donors (Lipinski definition) is 1. The van der Waals surface area contributed by atoms with E-state index < -0.39 is 6.10 Å². The molecule has 3 rings (SSSR count). The van der Waals surface area contributed by atoms with Gasteiger partial charge >= 0.3 is 0 Å². The molecule has 0 bridgehead atoms. The summed E-state index contributed by atoms with van der Waals surface area (Å²) in [6.07, 6.45) is -0.431. The van der Waals surface area contributed by atoms with Gasteiger partial charge in [-0.2, -0.15) is 0 Å². The number of aryl methyl sites for hydroxylation is 1. The van der Waals surface area contributed by atoms with Gasteiger partial charge in [0.2, 0.25) is 0 Å². The van der Waals surface area contributed by atoms with Crippen molar-refractivity contribution in [3.05, 3.63) is 65.0 Å². The van der Waals surface area contributed by atoms with Crippen LogP contribution in [0.15, 0.2) is 42.5 Å². The molecule has 1 heterocycles. The summed E-state index contributed by atoms with van der Waals surface area (Å²) in [5.74, 6) is 0.396. The van der Waals surface area contributed by atoms with Gasteiger partial charge in [0.1, 0.15) is 17.7 Å². The molecule has 2 atom stereocenters. The van der Waals surface area contributed by atoms with E-state index in [9.17, 15) is 9.50 Å². The van der Waals surface area contributed by atoms with E-state index in [-0.39, 0.29) is 11.9 Å². The molecule has 2 aromatic carbocycles. The SMILES string of the molecule is Cc1ccc(F)cc1C1C[C@@H](O)c2ccccc2O1. The predicted octanol–water partition coefficient (Wildman–Crippen LogP) is 3.69. The van der Waals surface area contributed by atoms with Gasteiger partial charge in [0, 0.05) is 12.0 Å². The van der Waals surface area contributed by atoms with Crippen LogP contribution in [0.25, 0.3) is 0 Å². The highest BCUT2D eigenvalue weighted by Crippen LogP contribution is 2.41. The van der Waals surface area contributed by atoms with Crippen LogP contribution < -0.4 is 4.74 Å². The average Bonchev–Trinajstić information content (AvgIpc) is 2.41. The zero-order chi connectivity index (χ0) is 13.4. The van der Waals surface area contributed by atoms with Gasteiger partial charge in [-0.3, -0.25) is 0 Å². The van der Waals surface area contributed by atoms with E-state index >= 15 is 0 Å². The molecule has 1 aliphatic rings. The Balaban J connectivity index is 1.99. The third-order valence-electron chi connectivity index (χ3n) is 3.57. The molecule has 0 aromatic heterocycles. The number of ether oxygens (including phenoxy) is 1. The van der Waals surface area contributed by atoms with Crippen molar-refractivity contribution in [2.75, 3.05) is 0 Å². The number of aliphatic hydroxyl groups is 1. The lowest BCUT2D eigenvalue weighted by atomic mass is 9.93. The molecular weight excluding hydrogens is 243 g/mol. The van der Waals surface area contributed by atoms with E-state index in [1.165, 1.54) is 12.1 Å². The summed E-state index contributed by atoms with van der Waals surface area (Å²) in [6, 6.07) is 12.1. The quantitative estimate of drug-likeness (QED) is 0.845. The third kappa shape index (κ3) is 2.22. The van der Waals surface area contributed by atoms with Gasteiger partial charge in [0.15, 0.2) is 0 Å². The van der Waals surface area contributed by atoms with Crippen LogP contribution >= 0.6 is 0 Å². The van der Waals surface area contributed by atoms with Crippen LogP contribution in [0.5, 0.6) is 5.75 Å². The van der Waals surface area contributed by atoms with Crippen molar-refractivity contribution in [1.29, 1.82) is 0 Å². The zero-order valence-electron chi connectivity index (χ0n) is 10.6. The van der Waals surface area contributed by atoms with Crippen molar-refractivity contribution in [2.24, 2.45) is 0 Å². The van der Waals surface area contributed by atoms with E-state index in [1.807, 2.05) is 31.2 Å². The summed E-state index contributed by atoms with van der Waals surface area (Å²) in [5.41, 5.74) is 2.57. The van der Waals surface area contributed by atoms with Crippen molar-refractivity contribution in [3.8, 4) is 5.75 Å². The second-order valence-corrected chi connectivity index (χ2v) is 4.90. The normalized spacial score (nSPS) is 21.6. The van der Waals surface area contributed by atoms with E-state index in [0.29, 0.717) is 12.2 Å². The van der Waals surface area contributed by atoms with Gasteiger partial charge in [-0.15, -0.1) is 0 Å². The Morgan fingerprint density at radius 3 is 2.79 bits per heavy atom. The number of hydrogen-bond acceptors (Lipinski definition) is 2. The first-order valence-electron chi connectivity index (χ1n) is 6.35. The Kier molecular flexibility index (Phi) is 2.99. The highest BCUT2D eigenvalue weighted by molar-refractivity contribution is 5.39. The van der Waals surface area contributed by atoms with Crippen LogP contribution in [0.1, 0.15) is 35.3 Å². The Morgan fingerprint density at radius 2 is 1.95 bits per heavy atom. The fourth-order valence-corrected chi connectivity index (χ4v) is 2.54. The molecule has 0 radical (unpaired) electrons. The number of para-hydroxylation sites is 1. The Hall–Kier alpha value is -1.87. The van der Waals surface area contributed by atoms with E-state index in [2.05, 4.69) is 0 Å². The van der Waals surface area contributed by atoms with Crippen LogP contribution in [0.2, 0.25) is 0 Å². The summed E-state index contributed by atoms with van der Waals surface area (Å²) < 4.78 is 19.3. The van der Waals surface area contributed by atoms with Gasteiger partial charge in [0.05, 0.1) is 6.10 Å². The predicted molar refractivity (Wildman–Crippen MR) is 70.5 cm³/mol. The van der Waals surface area contributed by atoms with Gasteiger partial charge in [0.25, 0.3) is 0 Å². The topological polar surface area (TPSA) is 29.5 Å². The fraction of sp³-hybridized carbons (Fsp3) is 0.250. The number of rotatable bonds is 1. The molecule has 0 spiro atoms. The molecule has 1 N–H and O–H groups in total. The summed E-state index contributed by atoms with van der Waals surface area (Å²) >= 11 is 0. The molecule has 0 aliphatic carbocycles. The van der Waals surface area contributed by atoms with Crippen molar-refractivity contribution >= 4 is 0 Å². The van der Waals surface area contributed by atoms with Gasteiger partial charge in [-0.25, -0.2) is 4.39 Å². The molecule has 2 aromatic rings. The first kappa shape index (κ1) is 12.2. The lowest BCUT2D eigenvalue weighted by Gasteiger charge is -2.30. The van der Waals surface area contributed by atoms with Gasteiger partial charge in [-0.1, -0.05) is 24.3 Å². The molecule has 1 aliphatic heterocycles. The lowest BCUT2D eigenvalue weighted by molar-refractivity contribution is 0.0653. The zero-order valence-corrected chi connectivity index (χ0v) is 10.6. The highest BCUT2D eigenvalue weighted by atomic mass is 19.1. The lowest BCUT2D eigenvalue weighted by Crippen LogP contribution is -2.19. The first-order chi connectivity index (χ1) is 9.15. The van der Waals surface area contributed by atoms with Crippen molar-refractivity contribution in [3.63, 3.8) is 0 Å².